The zero-order valence-electron chi connectivity index (χ0n) is 12.6. The first kappa shape index (κ1) is 13.6. The molecule has 0 radical (unpaired) electrons. The van der Waals surface area contributed by atoms with Crippen molar-refractivity contribution < 1.29 is 0 Å². The fraction of sp³-hybridized carbons (Fsp3) is 0.474. The van der Waals surface area contributed by atoms with E-state index in [9.17, 15) is 0 Å². The maximum atomic E-state index is 3.78. The van der Waals surface area contributed by atoms with Gasteiger partial charge in [0.15, 0.2) is 0 Å². The van der Waals surface area contributed by atoms with E-state index in [0.717, 1.165) is 18.4 Å². The van der Waals surface area contributed by atoms with E-state index in [4.69, 9.17) is 0 Å². The molecule has 1 aliphatic carbocycles. The molecular formula is C19H25N. The first-order valence-corrected chi connectivity index (χ1v) is 7.94. The van der Waals surface area contributed by atoms with Gasteiger partial charge in [-0.15, -0.1) is 0 Å². The zero-order chi connectivity index (χ0) is 13.9. The van der Waals surface area contributed by atoms with Crippen LogP contribution in [0.2, 0.25) is 0 Å². The van der Waals surface area contributed by atoms with Crippen molar-refractivity contribution in [2.75, 3.05) is 0 Å². The molecule has 106 valence electrons. The van der Waals surface area contributed by atoms with Gasteiger partial charge in [0.25, 0.3) is 0 Å². The fourth-order valence-electron chi connectivity index (χ4n) is 3.43. The van der Waals surface area contributed by atoms with Gasteiger partial charge < -0.3 is 5.32 Å². The third kappa shape index (κ3) is 2.88. The minimum Gasteiger partial charge on any atom is -0.310 e. The fourth-order valence-corrected chi connectivity index (χ4v) is 3.43. The summed E-state index contributed by atoms with van der Waals surface area (Å²) in [6.45, 7) is 5.79. The van der Waals surface area contributed by atoms with Crippen molar-refractivity contribution >= 4 is 10.8 Å². The van der Waals surface area contributed by atoms with Crippen LogP contribution in [0.1, 0.15) is 38.7 Å². The van der Waals surface area contributed by atoms with Crippen LogP contribution in [-0.4, -0.2) is 6.04 Å². The van der Waals surface area contributed by atoms with Crippen molar-refractivity contribution in [3.8, 4) is 0 Å². The summed E-state index contributed by atoms with van der Waals surface area (Å²) in [5, 5.41) is 6.51. The van der Waals surface area contributed by atoms with E-state index in [1.165, 1.54) is 35.6 Å². The normalized spacial score (nSPS) is 26.8. The second-order valence-electron chi connectivity index (χ2n) is 6.48. The van der Waals surface area contributed by atoms with Gasteiger partial charge >= 0.3 is 0 Å². The lowest BCUT2D eigenvalue weighted by molar-refractivity contribution is 0.225. The molecule has 2 aromatic carbocycles. The molecule has 0 bridgehead atoms. The molecule has 3 unspecified atom stereocenters. The number of benzene rings is 2. The molecule has 0 aliphatic heterocycles. The first-order valence-electron chi connectivity index (χ1n) is 7.94. The molecule has 20 heavy (non-hydrogen) atoms. The van der Waals surface area contributed by atoms with Crippen LogP contribution in [0.4, 0.5) is 0 Å². The Hall–Kier alpha value is -1.34. The van der Waals surface area contributed by atoms with Gasteiger partial charge in [-0.25, -0.2) is 0 Å². The number of rotatable bonds is 3. The molecule has 2 aromatic rings. The maximum Gasteiger partial charge on any atom is 0.0214 e. The summed E-state index contributed by atoms with van der Waals surface area (Å²) in [6, 6.07) is 16.0. The van der Waals surface area contributed by atoms with Crippen molar-refractivity contribution in [3.63, 3.8) is 0 Å². The summed E-state index contributed by atoms with van der Waals surface area (Å²) in [7, 11) is 0. The van der Waals surface area contributed by atoms with Crippen LogP contribution in [0.5, 0.6) is 0 Å². The first-order chi connectivity index (χ1) is 9.74. The van der Waals surface area contributed by atoms with Gasteiger partial charge in [0.1, 0.15) is 0 Å². The highest BCUT2D eigenvalue weighted by molar-refractivity contribution is 5.85. The van der Waals surface area contributed by atoms with Gasteiger partial charge in [-0.1, -0.05) is 56.3 Å². The molecule has 1 N–H and O–H groups in total. The molecule has 1 nitrogen and oxygen atoms in total. The largest absolute Gasteiger partial charge is 0.310 e. The van der Waals surface area contributed by atoms with Gasteiger partial charge in [0.05, 0.1) is 0 Å². The molecule has 3 rings (SSSR count). The van der Waals surface area contributed by atoms with E-state index in [0.29, 0.717) is 6.04 Å². The smallest absolute Gasteiger partial charge is 0.0214 e. The lowest BCUT2D eigenvalue weighted by Gasteiger charge is -2.32. The average Bonchev–Trinajstić information content (AvgIpc) is 2.48. The Morgan fingerprint density at radius 3 is 2.60 bits per heavy atom. The summed E-state index contributed by atoms with van der Waals surface area (Å²) in [5.74, 6) is 1.75. The van der Waals surface area contributed by atoms with Crippen molar-refractivity contribution in [2.24, 2.45) is 11.8 Å². The van der Waals surface area contributed by atoms with Crippen LogP contribution in [0.3, 0.4) is 0 Å². The lowest BCUT2D eigenvalue weighted by atomic mass is 9.79. The molecule has 1 aliphatic rings. The van der Waals surface area contributed by atoms with Crippen molar-refractivity contribution in [3.05, 3.63) is 48.0 Å². The molecule has 0 heterocycles. The predicted octanol–water partition coefficient (Wildman–Crippen LogP) is 4.75. The van der Waals surface area contributed by atoms with Crippen molar-refractivity contribution in [2.45, 2.75) is 45.7 Å². The van der Waals surface area contributed by atoms with Gasteiger partial charge in [-0.05, 0) is 47.4 Å². The average molecular weight is 267 g/mol. The number of fused-ring (bicyclic) bond motifs is 1. The van der Waals surface area contributed by atoms with E-state index >= 15 is 0 Å². The van der Waals surface area contributed by atoms with Crippen molar-refractivity contribution in [1.82, 2.24) is 5.32 Å². The van der Waals surface area contributed by atoms with Crippen LogP contribution < -0.4 is 5.32 Å². The predicted molar refractivity (Wildman–Crippen MR) is 86.8 cm³/mol. The van der Waals surface area contributed by atoms with Crippen LogP contribution in [0.15, 0.2) is 42.5 Å². The highest BCUT2D eigenvalue weighted by Gasteiger charge is 2.23. The van der Waals surface area contributed by atoms with E-state index < -0.39 is 0 Å². The van der Waals surface area contributed by atoms with Gasteiger partial charge in [-0.3, -0.25) is 0 Å². The van der Waals surface area contributed by atoms with E-state index in [2.05, 4.69) is 61.6 Å². The molecule has 0 saturated heterocycles. The van der Waals surface area contributed by atoms with E-state index in [1.54, 1.807) is 0 Å². The van der Waals surface area contributed by atoms with Crippen LogP contribution in [0, 0.1) is 11.8 Å². The summed E-state index contributed by atoms with van der Waals surface area (Å²) >= 11 is 0. The zero-order valence-corrected chi connectivity index (χ0v) is 12.6. The second kappa shape index (κ2) is 5.97. The Kier molecular flexibility index (Phi) is 4.07. The molecule has 1 fully saturated rings. The van der Waals surface area contributed by atoms with Gasteiger partial charge in [0, 0.05) is 12.6 Å². The molecule has 0 spiro atoms. The third-order valence-corrected chi connectivity index (χ3v) is 5.06. The quantitative estimate of drug-likeness (QED) is 0.846. The maximum absolute atomic E-state index is 3.78. The third-order valence-electron chi connectivity index (χ3n) is 5.06. The Morgan fingerprint density at radius 2 is 1.75 bits per heavy atom. The highest BCUT2D eigenvalue weighted by atomic mass is 14.9. The highest BCUT2D eigenvalue weighted by Crippen LogP contribution is 2.29. The van der Waals surface area contributed by atoms with E-state index in [-0.39, 0.29) is 0 Å². The van der Waals surface area contributed by atoms with Gasteiger partial charge in [-0.2, -0.15) is 0 Å². The topological polar surface area (TPSA) is 12.0 Å². The van der Waals surface area contributed by atoms with Crippen LogP contribution >= 0.6 is 0 Å². The monoisotopic (exact) mass is 267 g/mol. The number of hydrogen-bond acceptors (Lipinski definition) is 1. The Labute approximate surface area is 122 Å². The Morgan fingerprint density at radius 1 is 0.950 bits per heavy atom. The van der Waals surface area contributed by atoms with Crippen LogP contribution in [0.25, 0.3) is 10.8 Å². The Balaban J connectivity index is 1.68. The van der Waals surface area contributed by atoms with Gasteiger partial charge in [0.2, 0.25) is 0 Å². The summed E-state index contributed by atoms with van der Waals surface area (Å²) in [6.07, 6.45) is 4.02. The number of nitrogens with one attached hydrogen (secondary N) is 1. The minimum absolute atomic E-state index is 0.695. The Bertz CT molecular complexity index is 569. The molecular weight excluding hydrogens is 242 g/mol. The molecule has 0 aromatic heterocycles. The lowest BCUT2D eigenvalue weighted by Crippen LogP contribution is -2.35. The standard InChI is InChI=1S/C19H25N/c1-14-10-11-18(12-15(14)2)20-13-17-8-5-7-16-6-3-4-9-19(16)17/h3-9,14-15,18,20H,10-13H2,1-2H3. The second-order valence-corrected chi connectivity index (χ2v) is 6.48. The molecule has 1 saturated carbocycles. The summed E-state index contributed by atoms with van der Waals surface area (Å²) in [5.41, 5.74) is 1.43. The molecule has 3 atom stereocenters. The minimum atomic E-state index is 0.695. The SMILES string of the molecule is CC1CCC(NCc2cccc3ccccc23)CC1C. The number of hydrogen-bond donors (Lipinski definition) is 1. The van der Waals surface area contributed by atoms with Crippen molar-refractivity contribution in [1.29, 1.82) is 0 Å². The summed E-state index contributed by atoms with van der Waals surface area (Å²) in [4.78, 5) is 0. The van der Waals surface area contributed by atoms with E-state index in [1.807, 2.05) is 0 Å². The summed E-state index contributed by atoms with van der Waals surface area (Å²) < 4.78 is 0. The molecule has 1 heteroatoms. The van der Waals surface area contributed by atoms with Crippen LogP contribution in [-0.2, 0) is 6.54 Å². The molecule has 0 amide bonds.